The van der Waals surface area contributed by atoms with Gasteiger partial charge in [0, 0.05) is 6.42 Å². The van der Waals surface area contributed by atoms with E-state index in [2.05, 4.69) is 4.85 Å². The molecule has 6 heteroatoms. The maximum atomic E-state index is 12.7. The Kier molecular flexibility index (Phi) is 3.11. The van der Waals surface area contributed by atoms with Crippen molar-refractivity contribution in [1.82, 2.24) is 0 Å². The van der Waals surface area contributed by atoms with Crippen LogP contribution in [0.1, 0.15) is 18.1 Å². The van der Waals surface area contributed by atoms with Crippen molar-refractivity contribution in [3.63, 3.8) is 0 Å². The Balaban J connectivity index is 2.29. The lowest BCUT2D eigenvalue weighted by atomic mass is 9.98. The summed E-state index contributed by atoms with van der Waals surface area (Å²) < 4.78 is 43.2. The average molecular weight is 269 g/mol. The van der Waals surface area contributed by atoms with Crippen LogP contribution in [0.5, 0.6) is 0 Å². The second-order valence-electron chi connectivity index (χ2n) is 4.58. The van der Waals surface area contributed by atoms with Gasteiger partial charge in [0.2, 0.25) is 0 Å². The summed E-state index contributed by atoms with van der Waals surface area (Å²) in [4.78, 5) is 14.6. The highest BCUT2D eigenvalue weighted by molar-refractivity contribution is 5.91. The van der Waals surface area contributed by atoms with Gasteiger partial charge in [0.15, 0.2) is 11.5 Å². The molecule has 0 amide bonds. The van der Waals surface area contributed by atoms with E-state index in [0.717, 1.165) is 12.1 Å². The summed E-state index contributed by atoms with van der Waals surface area (Å²) in [6.07, 6.45) is -4.73. The van der Waals surface area contributed by atoms with E-state index in [-0.39, 0.29) is 17.8 Å². The third-order valence-corrected chi connectivity index (χ3v) is 3.02. The molecule has 0 radical (unpaired) electrons. The van der Waals surface area contributed by atoms with Crippen molar-refractivity contribution in [1.29, 1.82) is 0 Å². The van der Waals surface area contributed by atoms with Crippen molar-refractivity contribution in [3.05, 3.63) is 40.7 Å². The molecule has 19 heavy (non-hydrogen) atoms. The third-order valence-electron chi connectivity index (χ3n) is 3.02. The van der Waals surface area contributed by atoms with E-state index in [0.29, 0.717) is 6.61 Å². The molecule has 0 N–H and O–H groups in total. The van der Waals surface area contributed by atoms with Gasteiger partial charge in [-0.15, -0.1) is 0 Å². The van der Waals surface area contributed by atoms with Crippen LogP contribution in [0.25, 0.3) is 4.85 Å². The van der Waals surface area contributed by atoms with Gasteiger partial charge in [-0.25, -0.2) is 4.85 Å². The first-order chi connectivity index (χ1) is 8.76. The van der Waals surface area contributed by atoms with Crippen LogP contribution in [-0.4, -0.2) is 18.0 Å². The van der Waals surface area contributed by atoms with Gasteiger partial charge in [-0.3, -0.25) is 4.79 Å². The van der Waals surface area contributed by atoms with Crippen molar-refractivity contribution in [3.8, 4) is 0 Å². The molecule has 1 aliphatic rings. The second kappa shape index (κ2) is 4.35. The van der Waals surface area contributed by atoms with Crippen LogP contribution in [0.2, 0.25) is 0 Å². The minimum absolute atomic E-state index is 0.127. The molecular formula is C13H10F3NO2. The smallest absolute Gasteiger partial charge is 0.362 e. The molecule has 0 unspecified atom stereocenters. The van der Waals surface area contributed by atoms with Gasteiger partial charge in [-0.2, -0.15) is 13.2 Å². The Labute approximate surface area is 107 Å². The fraction of sp³-hybridized carbons (Fsp3) is 0.385. The van der Waals surface area contributed by atoms with Crippen LogP contribution in [0.3, 0.4) is 0 Å². The lowest BCUT2D eigenvalue weighted by Crippen LogP contribution is -2.22. The summed E-state index contributed by atoms with van der Waals surface area (Å²) in [5, 5.41) is 0. The Morgan fingerprint density at radius 1 is 1.53 bits per heavy atom. The first-order valence-corrected chi connectivity index (χ1v) is 5.51. The van der Waals surface area contributed by atoms with Gasteiger partial charge in [0.25, 0.3) is 0 Å². The number of ether oxygens (including phenoxy) is 1. The van der Waals surface area contributed by atoms with Gasteiger partial charge in [-0.05, 0) is 12.5 Å². The molecule has 100 valence electrons. The Morgan fingerprint density at radius 3 is 2.63 bits per heavy atom. The van der Waals surface area contributed by atoms with Gasteiger partial charge in [0.1, 0.15) is 5.60 Å². The first kappa shape index (κ1) is 13.6. The standard InChI is InChI=1S/C13H10F3NO2/c1-12(7-19-12)11(18)6-8-3-4-10(17-2)9(5-8)13(14,15)16/h3-5H,6-7H2,1H3/t12-/m0/s1. The molecule has 2 rings (SSSR count). The van der Waals surface area contributed by atoms with E-state index in [1.165, 1.54) is 6.07 Å². The van der Waals surface area contributed by atoms with Gasteiger partial charge < -0.3 is 4.74 Å². The number of carbonyl (C=O) groups excluding carboxylic acids is 1. The van der Waals surface area contributed by atoms with E-state index in [9.17, 15) is 18.0 Å². The molecule has 1 aliphatic heterocycles. The van der Waals surface area contributed by atoms with Crippen LogP contribution in [0.15, 0.2) is 18.2 Å². The second-order valence-corrected chi connectivity index (χ2v) is 4.58. The van der Waals surface area contributed by atoms with Crippen molar-refractivity contribution in [2.24, 2.45) is 0 Å². The molecule has 1 fully saturated rings. The highest BCUT2D eigenvalue weighted by Crippen LogP contribution is 2.37. The zero-order chi connectivity index (χ0) is 14.3. The molecule has 3 nitrogen and oxygen atoms in total. The largest absolute Gasteiger partial charge is 0.407 e. The number of hydrogen-bond donors (Lipinski definition) is 0. The molecule has 0 aromatic heterocycles. The number of ketones is 1. The lowest BCUT2D eigenvalue weighted by molar-refractivity contribution is -0.137. The number of rotatable bonds is 3. The van der Waals surface area contributed by atoms with Gasteiger partial charge >= 0.3 is 6.18 Å². The molecule has 0 bridgehead atoms. The quantitative estimate of drug-likeness (QED) is 0.624. The van der Waals surface area contributed by atoms with Crippen molar-refractivity contribution in [2.45, 2.75) is 25.1 Å². The van der Waals surface area contributed by atoms with Gasteiger partial charge in [-0.1, -0.05) is 18.2 Å². The summed E-state index contributed by atoms with van der Waals surface area (Å²) in [5.41, 5.74) is -2.08. The normalized spacial score (nSPS) is 21.8. The Morgan fingerprint density at radius 2 is 2.16 bits per heavy atom. The number of alkyl halides is 3. The highest BCUT2D eigenvalue weighted by Gasteiger charge is 2.46. The molecule has 1 aromatic rings. The van der Waals surface area contributed by atoms with Crippen LogP contribution >= 0.6 is 0 Å². The monoisotopic (exact) mass is 269 g/mol. The zero-order valence-corrected chi connectivity index (χ0v) is 10.0. The summed E-state index contributed by atoms with van der Waals surface area (Å²) in [5.74, 6) is -0.254. The van der Waals surface area contributed by atoms with Crippen molar-refractivity contribution < 1.29 is 22.7 Å². The molecule has 1 aromatic carbocycles. The maximum absolute atomic E-state index is 12.7. The number of Topliss-reactive ketones (excluding diaryl/α,β-unsaturated/α-hetero) is 1. The fourth-order valence-corrected chi connectivity index (χ4v) is 1.66. The number of halogens is 3. The number of nitrogens with zero attached hydrogens (tertiary/aromatic N) is 1. The Hall–Kier alpha value is -1.87. The summed E-state index contributed by atoms with van der Waals surface area (Å²) in [6, 6.07) is 3.32. The van der Waals surface area contributed by atoms with E-state index >= 15 is 0 Å². The van der Waals surface area contributed by atoms with Crippen LogP contribution in [0, 0.1) is 6.57 Å². The molecule has 0 saturated carbocycles. The fourth-order valence-electron chi connectivity index (χ4n) is 1.66. The average Bonchev–Trinajstić information content (AvgIpc) is 3.07. The predicted octanol–water partition coefficient (Wildman–Crippen LogP) is 3.16. The van der Waals surface area contributed by atoms with Crippen molar-refractivity contribution >= 4 is 11.5 Å². The number of hydrogen-bond acceptors (Lipinski definition) is 2. The number of epoxide rings is 1. The zero-order valence-electron chi connectivity index (χ0n) is 10.0. The molecule has 1 saturated heterocycles. The predicted molar refractivity (Wildman–Crippen MR) is 60.8 cm³/mol. The Bertz CT molecular complexity index is 568. The van der Waals surface area contributed by atoms with Crippen LogP contribution in [-0.2, 0) is 22.1 Å². The molecule has 1 heterocycles. The number of carbonyl (C=O) groups is 1. The topological polar surface area (TPSA) is 34.0 Å². The van der Waals surface area contributed by atoms with E-state index in [1.807, 2.05) is 0 Å². The minimum atomic E-state index is -4.60. The van der Waals surface area contributed by atoms with Gasteiger partial charge in [0.05, 0.1) is 18.7 Å². The van der Waals surface area contributed by atoms with E-state index in [4.69, 9.17) is 11.3 Å². The summed E-state index contributed by atoms with van der Waals surface area (Å²) >= 11 is 0. The maximum Gasteiger partial charge on any atom is 0.407 e. The molecule has 1 atom stereocenters. The van der Waals surface area contributed by atoms with Crippen molar-refractivity contribution in [2.75, 3.05) is 6.61 Å². The third kappa shape index (κ3) is 2.76. The highest BCUT2D eigenvalue weighted by atomic mass is 19.4. The summed E-state index contributed by atoms with van der Waals surface area (Å²) in [6.45, 7) is 8.63. The van der Waals surface area contributed by atoms with E-state index < -0.39 is 23.0 Å². The minimum Gasteiger partial charge on any atom is -0.362 e. The SMILES string of the molecule is [C-]#[N+]c1ccc(CC(=O)[C@]2(C)CO2)cc1C(F)(F)F. The lowest BCUT2D eigenvalue weighted by Gasteiger charge is -2.11. The van der Waals surface area contributed by atoms with Crippen LogP contribution < -0.4 is 0 Å². The first-order valence-electron chi connectivity index (χ1n) is 5.51. The number of benzene rings is 1. The molecule has 0 spiro atoms. The van der Waals surface area contributed by atoms with E-state index in [1.54, 1.807) is 6.92 Å². The van der Waals surface area contributed by atoms with Crippen LogP contribution in [0.4, 0.5) is 18.9 Å². The molecular weight excluding hydrogens is 259 g/mol. The molecule has 0 aliphatic carbocycles. The summed E-state index contributed by atoms with van der Waals surface area (Å²) in [7, 11) is 0.